The Morgan fingerprint density at radius 2 is 1.85 bits per heavy atom. The second-order valence-electron chi connectivity index (χ2n) is 5.18. The minimum Gasteiger partial charge on any atom is -0.399 e. The molecule has 0 bridgehead atoms. The summed E-state index contributed by atoms with van der Waals surface area (Å²) in [4.78, 5) is 25.4. The molecular weight excluding hydrogens is 256 g/mol. The Labute approximate surface area is 117 Å². The maximum absolute atomic E-state index is 12.6. The first-order valence-electron chi connectivity index (χ1n) is 6.73. The molecule has 0 spiro atoms. The minimum absolute atomic E-state index is 0.0620. The van der Waals surface area contributed by atoms with Crippen molar-refractivity contribution in [3.63, 3.8) is 0 Å². The summed E-state index contributed by atoms with van der Waals surface area (Å²) < 4.78 is 0. The van der Waals surface area contributed by atoms with Crippen molar-refractivity contribution in [3.8, 4) is 0 Å². The number of carbonyl (C=O) groups is 2. The molecule has 1 aromatic rings. The average molecular weight is 276 g/mol. The van der Waals surface area contributed by atoms with Crippen molar-refractivity contribution >= 4 is 23.2 Å². The number of hydrogen-bond acceptors (Lipinski definition) is 4. The summed E-state index contributed by atoms with van der Waals surface area (Å²) in [6.45, 7) is -0.0761. The van der Waals surface area contributed by atoms with Gasteiger partial charge >= 0.3 is 0 Å². The van der Waals surface area contributed by atoms with Crippen LogP contribution in [0.2, 0.25) is 0 Å². The van der Waals surface area contributed by atoms with E-state index in [1.807, 2.05) is 0 Å². The van der Waals surface area contributed by atoms with Gasteiger partial charge in [0.2, 0.25) is 5.91 Å². The molecule has 0 atom stereocenters. The van der Waals surface area contributed by atoms with E-state index in [-0.39, 0.29) is 18.5 Å². The second-order valence-corrected chi connectivity index (χ2v) is 5.18. The molecule has 1 aliphatic carbocycles. The molecule has 2 amide bonds. The standard InChI is InChI=1S/C14H20N4O2/c15-9-5-6-11(12(16)7-9)14(20)18(8-13(17)19)10-3-1-2-4-10/h5-7,10H,1-4,8,15-16H2,(H2,17,19). The van der Waals surface area contributed by atoms with Crippen LogP contribution in [0.5, 0.6) is 0 Å². The third-order valence-electron chi connectivity index (χ3n) is 3.66. The molecule has 20 heavy (non-hydrogen) atoms. The molecule has 108 valence electrons. The largest absolute Gasteiger partial charge is 0.399 e. The number of rotatable bonds is 4. The van der Waals surface area contributed by atoms with Crippen LogP contribution in [-0.4, -0.2) is 29.3 Å². The van der Waals surface area contributed by atoms with E-state index in [0.717, 1.165) is 25.7 Å². The molecule has 1 fully saturated rings. The van der Waals surface area contributed by atoms with E-state index in [2.05, 4.69) is 0 Å². The summed E-state index contributed by atoms with van der Waals surface area (Å²) in [5, 5.41) is 0. The predicted molar refractivity (Wildman–Crippen MR) is 77.8 cm³/mol. The number of nitrogens with two attached hydrogens (primary N) is 3. The lowest BCUT2D eigenvalue weighted by molar-refractivity contribution is -0.119. The van der Waals surface area contributed by atoms with Crippen molar-refractivity contribution in [1.82, 2.24) is 4.90 Å². The molecule has 0 aromatic heterocycles. The molecule has 1 aromatic carbocycles. The van der Waals surface area contributed by atoms with Gasteiger partial charge < -0.3 is 22.1 Å². The quantitative estimate of drug-likeness (QED) is 0.703. The van der Waals surface area contributed by atoms with E-state index in [1.54, 1.807) is 18.2 Å². The fourth-order valence-electron chi connectivity index (χ4n) is 2.68. The van der Waals surface area contributed by atoms with Crippen molar-refractivity contribution in [2.75, 3.05) is 18.0 Å². The topological polar surface area (TPSA) is 115 Å². The number of benzene rings is 1. The van der Waals surface area contributed by atoms with Crippen molar-refractivity contribution in [2.45, 2.75) is 31.7 Å². The Balaban J connectivity index is 2.27. The third-order valence-corrected chi connectivity index (χ3v) is 3.66. The predicted octanol–water partition coefficient (Wildman–Crippen LogP) is 0.721. The first kappa shape index (κ1) is 14.2. The van der Waals surface area contributed by atoms with Crippen LogP contribution in [0.4, 0.5) is 11.4 Å². The molecule has 1 saturated carbocycles. The molecule has 6 heteroatoms. The Kier molecular flexibility index (Phi) is 4.12. The van der Waals surface area contributed by atoms with Gasteiger partial charge in [0.15, 0.2) is 0 Å². The highest BCUT2D eigenvalue weighted by Crippen LogP contribution is 2.26. The zero-order valence-corrected chi connectivity index (χ0v) is 11.3. The van der Waals surface area contributed by atoms with E-state index in [1.165, 1.54) is 4.90 Å². The fourth-order valence-corrected chi connectivity index (χ4v) is 2.68. The van der Waals surface area contributed by atoms with Gasteiger partial charge in [-0.15, -0.1) is 0 Å². The van der Waals surface area contributed by atoms with E-state index in [9.17, 15) is 9.59 Å². The van der Waals surface area contributed by atoms with Gasteiger partial charge in [0, 0.05) is 17.4 Å². The Bertz CT molecular complexity index is 524. The SMILES string of the molecule is NC(=O)CN(C(=O)c1ccc(N)cc1N)C1CCCC1. The molecule has 6 nitrogen and oxygen atoms in total. The van der Waals surface area contributed by atoms with Gasteiger partial charge in [-0.1, -0.05) is 12.8 Å². The highest BCUT2D eigenvalue weighted by molar-refractivity contribution is 6.01. The van der Waals surface area contributed by atoms with Crippen LogP contribution in [0, 0.1) is 0 Å². The number of nitrogens with zero attached hydrogens (tertiary/aromatic N) is 1. The molecule has 2 rings (SSSR count). The number of carbonyl (C=O) groups excluding carboxylic acids is 2. The van der Waals surface area contributed by atoms with E-state index in [0.29, 0.717) is 16.9 Å². The van der Waals surface area contributed by atoms with Gasteiger partial charge in [0.1, 0.15) is 0 Å². The van der Waals surface area contributed by atoms with Crippen LogP contribution >= 0.6 is 0 Å². The van der Waals surface area contributed by atoms with Crippen LogP contribution < -0.4 is 17.2 Å². The Morgan fingerprint density at radius 3 is 2.40 bits per heavy atom. The summed E-state index contributed by atoms with van der Waals surface area (Å²) in [5.74, 6) is -0.771. The lowest BCUT2D eigenvalue weighted by Gasteiger charge is -2.28. The van der Waals surface area contributed by atoms with Crippen LogP contribution in [-0.2, 0) is 4.79 Å². The molecule has 0 saturated heterocycles. The van der Waals surface area contributed by atoms with E-state index in [4.69, 9.17) is 17.2 Å². The lowest BCUT2D eigenvalue weighted by atomic mass is 10.1. The Morgan fingerprint density at radius 1 is 1.20 bits per heavy atom. The summed E-state index contributed by atoms with van der Waals surface area (Å²) in [5.41, 5.74) is 17.9. The summed E-state index contributed by atoms with van der Waals surface area (Å²) >= 11 is 0. The minimum atomic E-state index is -0.515. The zero-order valence-electron chi connectivity index (χ0n) is 11.3. The molecule has 0 unspecified atom stereocenters. The number of nitrogen functional groups attached to an aromatic ring is 2. The van der Waals surface area contributed by atoms with Crippen LogP contribution in [0.3, 0.4) is 0 Å². The first-order valence-corrected chi connectivity index (χ1v) is 6.73. The van der Waals surface area contributed by atoms with Crippen molar-refractivity contribution in [1.29, 1.82) is 0 Å². The van der Waals surface area contributed by atoms with Crippen LogP contribution in [0.15, 0.2) is 18.2 Å². The average Bonchev–Trinajstić information content (AvgIpc) is 2.88. The molecule has 0 heterocycles. The van der Waals surface area contributed by atoms with Crippen LogP contribution in [0.25, 0.3) is 0 Å². The number of amides is 2. The monoisotopic (exact) mass is 276 g/mol. The maximum Gasteiger partial charge on any atom is 0.256 e. The third kappa shape index (κ3) is 3.01. The van der Waals surface area contributed by atoms with Crippen molar-refractivity contribution in [3.05, 3.63) is 23.8 Å². The first-order chi connectivity index (χ1) is 9.49. The smallest absolute Gasteiger partial charge is 0.256 e. The van der Waals surface area contributed by atoms with Crippen molar-refractivity contribution < 1.29 is 9.59 Å². The van der Waals surface area contributed by atoms with Gasteiger partial charge in [-0.2, -0.15) is 0 Å². The van der Waals surface area contributed by atoms with Gasteiger partial charge in [-0.3, -0.25) is 9.59 Å². The number of primary amides is 1. The number of hydrogen-bond donors (Lipinski definition) is 3. The molecule has 0 aliphatic heterocycles. The van der Waals surface area contributed by atoms with Crippen LogP contribution in [0.1, 0.15) is 36.0 Å². The number of anilines is 2. The molecule has 6 N–H and O–H groups in total. The summed E-state index contributed by atoms with van der Waals surface area (Å²) in [6, 6.07) is 4.83. The second kappa shape index (κ2) is 5.81. The Hall–Kier alpha value is -2.24. The van der Waals surface area contributed by atoms with Gasteiger partial charge in [-0.05, 0) is 31.0 Å². The molecular formula is C14H20N4O2. The van der Waals surface area contributed by atoms with E-state index >= 15 is 0 Å². The van der Waals surface area contributed by atoms with E-state index < -0.39 is 5.91 Å². The lowest BCUT2D eigenvalue weighted by Crippen LogP contribution is -2.44. The molecule has 0 radical (unpaired) electrons. The summed E-state index contributed by atoms with van der Waals surface area (Å²) in [7, 11) is 0. The van der Waals surface area contributed by atoms with Gasteiger partial charge in [0.05, 0.1) is 12.1 Å². The highest BCUT2D eigenvalue weighted by Gasteiger charge is 2.29. The fraction of sp³-hybridized carbons (Fsp3) is 0.429. The van der Waals surface area contributed by atoms with Crippen molar-refractivity contribution in [2.24, 2.45) is 5.73 Å². The zero-order chi connectivity index (χ0) is 14.7. The normalized spacial score (nSPS) is 15.2. The van der Waals surface area contributed by atoms with Gasteiger partial charge in [-0.25, -0.2) is 0 Å². The summed E-state index contributed by atoms with van der Waals surface area (Å²) in [6.07, 6.45) is 3.91. The molecule has 1 aliphatic rings. The van der Waals surface area contributed by atoms with Gasteiger partial charge in [0.25, 0.3) is 5.91 Å². The highest BCUT2D eigenvalue weighted by atomic mass is 16.2. The maximum atomic E-state index is 12.6.